The Morgan fingerprint density at radius 3 is 2.88 bits per heavy atom. The first kappa shape index (κ1) is 17.9. The van der Waals surface area contributed by atoms with E-state index in [-0.39, 0.29) is 12.0 Å². The lowest BCUT2D eigenvalue weighted by molar-refractivity contribution is -0.120. The van der Waals surface area contributed by atoms with Gasteiger partial charge in [0.1, 0.15) is 18.0 Å². The summed E-state index contributed by atoms with van der Waals surface area (Å²) in [6, 6.07) is 2.41. The zero-order valence-corrected chi connectivity index (χ0v) is 15.3. The van der Waals surface area contributed by atoms with E-state index in [1.807, 2.05) is 6.07 Å². The summed E-state index contributed by atoms with van der Waals surface area (Å²) in [5.41, 5.74) is 0. The molecule has 8 nitrogen and oxygen atoms in total. The Hall–Kier alpha value is -1.93. The summed E-state index contributed by atoms with van der Waals surface area (Å²) in [6.07, 6.45) is 3.34. The van der Waals surface area contributed by atoms with Gasteiger partial charge in [-0.25, -0.2) is 9.97 Å². The fraction of sp³-hybridized carbons (Fsp3) is 0.706. The first-order valence-corrected chi connectivity index (χ1v) is 8.84. The highest BCUT2D eigenvalue weighted by atomic mass is 16.5. The third kappa shape index (κ3) is 4.38. The van der Waals surface area contributed by atoms with Crippen molar-refractivity contribution in [2.75, 3.05) is 63.7 Å². The molecule has 0 unspecified atom stereocenters. The van der Waals surface area contributed by atoms with E-state index in [9.17, 15) is 4.79 Å². The Labute approximate surface area is 149 Å². The molecular formula is C17H28N6O2. The predicted molar refractivity (Wildman–Crippen MR) is 97.0 cm³/mol. The van der Waals surface area contributed by atoms with Crippen molar-refractivity contribution in [3.63, 3.8) is 0 Å². The minimum Gasteiger partial charge on any atom is -0.380 e. The van der Waals surface area contributed by atoms with Crippen LogP contribution in [0.5, 0.6) is 0 Å². The highest BCUT2D eigenvalue weighted by Crippen LogP contribution is 2.27. The number of methoxy groups -OCH3 is 1. The number of nitrogens with zero attached hydrogens (tertiary/aromatic N) is 5. The number of aromatic nitrogens is 2. The van der Waals surface area contributed by atoms with Gasteiger partial charge in [-0.05, 0) is 20.5 Å². The summed E-state index contributed by atoms with van der Waals surface area (Å²) in [5, 5.41) is 2.90. The summed E-state index contributed by atoms with van der Waals surface area (Å²) in [6.45, 7) is 3.90. The van der Waals surface area contributed by atoms with Crippen molar-refractivity contribution >= 4 is 17.5 Å². The molecule has 2 aliphatic rings. The van der Waals surface area contributed by atoms with Gasteiger partial charge >= 0.3 is 0 Å². The monoisotopic (exact) mass is 348 g/mol. The maximum atomic E-state index is 11.6. The van der Waals surface area contributed by atoms with Gasteiger partial charge in [0.15, 0.2) is 0 Å². The number of amides is 1. The quantitative estimate of drug-likeness (QED) is 0.800. The van der Waals surface area contributed by atoms with E-state index >= 15 is 0 Å². The Balaban J connectivity index is 1.78. The zero-order valence-electron chi connectivity index (χ0n) is 15.3. The molecule has 2 atom stereocenters. The minimum atomic E-state index is 0.102. The third-order valence-corrected chi connectivity index (χ3v) is 4.85. The highest BCUT2D eigenvalue weighted by Gasteiger charge is 2.33. The second-order valence-corrected chi connectivity index (χ2v) is 6.98. The molecule has 2 fully saturated rings. The molecular weight excluding hydrogens is 320 g/mol. The largest absolute Gasteiger partial charge is 0.380 e. The molecule has 0 bridgehead atoms. The number of rotatable bonds is 5. The van der Waals surface area contributed by atoms with Gasteiger partial charge in [0.2, 0.25) is 5.91 Å². The Kier molecular flexibility index (Phi) is 5.70. The van der Waals surface area contributed by atoms with Crippen LogP contribution in [0.4, 0.5) is 11.6 Å². The van der Waals surface area contributed by atoms with Crippen LogP contribution in [-0.4, -0.2) is 86.8 Å². The number of likely N-dealkylation sites (N-methyl/N-ethyl adjacent to an activating group) is 1. The maximum Gasteiger partial charge on any atom is 0.221 e. The fourth-order valence-electron chi connectivity index (χ4n) is 3.58. The number of hydrogen-bond donors (Lipinski definition) is 1. The second kappa shape index (κ2) is 7.97. The number of anilines is 2. The number of carbonyl (C=O) groups excluding carboxylic acids is 1. The fourth-order valence-corrected chi connectivity index (χ4v) is 3.58. The van der Waals surface area contributed by atoms with Crippen molar-refractivity contribution in [2.45, 2.75) is 25.0 Å². The summed E-state index contributed by atoms with van der Waals surface area (Å²) >= 11 is 0. The molecule has 138 valence electrons. The average molecular weight is 348 g/mol. The third-order valence-electron chi connectivity index (χ3n) is 4.85. The normalized spacial score (nSPS) is 24.6. The Bertz CT molecular complexity index is 596. The van der Waals surface area contributed by atoms with Crippen molar-refractivity contribution < 1.29 is 9.53 Å². The zero-order chi connectivity index (χ0) is 17.8. The molecule has 0 spiro atoms. The van der Waals surface area contributed by atoms with Gasteiger partial charge in [0.25, 0.3) is 0 Å². The van der Waals surface area contributed by atoms with E-state index in [4.69, 9.17) is 4.74 Å². The Morgan fingerprint density at radius 1 is 1.32 bits per heavy atom. The number of hydrogen-bond acceptors (Lipinski definition) is 7. The van der Waals surface area contributed by atoms with Gasteiger partial charge in [0, 0.05) is 58.4 Å². The van der Waals surface area contributed by atoms with Crippen LogP contribution >= 0.6 is 0 Å². The van der Waals surface area contributed by atoms with E-state index in [0.29, 0.717) is 25.6 Å². The molecule has 2 saturated heterocycles. The van der Waals surface area contributed by atoms with Gasteiger partial charge in [0.05, 0.1) is 6.10 Å². The van der Waals surface area contributed by atoms with Crippen LogP contribution in [0.15, 0.2) is 12.4 Å². The summed E-state index contributed by atoms with van der Waals surface area (Å²) in [7, 11) is 5.95. The van der Waals surface area contributed by atoms with Crippen molar-refractivity contribution in [3.8, 4) is 0 Å². The lowest BCUT2D eigenvalue weighted by atomic mass is 10.2. The standard InChI is InChI=1S/C17H28N6O2/c1-21(2)10-13-8-14(25-3)11-23(13)16-9-15(19-12-20-16)22-6-4-17(24)18-5-7-22/h9,12-14H,4-8,10-11H2,1-3H3,(H,18,24)/t13-,14-/m0/s1. The predicted octanol–water partition coefficient (Wildman–Crippen LogP) is -0.0418. The molecule has 1 aromatic rings. The van der Waals surface area contributed by atoms with Gasteiger partial charge in [-0.3, -0.25) is 4.79 Å². The molecule has 1 aromatic heterocycles. The topological polar surface area (TPSA) is 73.8 Å². The summed E-state index contributed by atoms with van der Waals surface area (Å²) in [4.78, 5) is 27.2. The molecule has 0 aliphatic carbocycles. The molecule has 25 heavy (non-hydrogen) atoms. The smallest absolute Gasteiger partial charge is 0.221 e. The van der Waals surface area contributed by atoms with E-state index in [0.717, 1.165) is 37.7 Å². The van der Waals surface area contributed by atoms with Crippen LogP contribution in [0.1, 0.15) is 12.8 Å². The van der Waals surface area contributed by atoms with Crippen LogP contribution in [0.2, 0.25) is 0 Å². The molecule has 0 aromatic carbocycles. The molecule has 2 aliphatic heterocycles. The average Bonchev–Trinajstić information content (AvgIpc) is 2.87. The van der Waals surface area contributed by atoms with E-state index in [1.165, 1.54) is 0 Å². The molecule has 1 amide bonds. The summed E-state index contributed by atoms with van der Waals surface area (Å²) in [5.74, 6) is 1.91. The molecule has 3 heterocycles. The Morgan fingerprint density at radius 2 is 2.12 bits per heavy atom. The molecule has 1 N–H and O–H groups in total. The molecule has 0 saturated carbocycles. The number of ether oxygens (including phenoxy) is 1. The minimum absolute atomic E-state index is 0.102. The van der Waals surface area contributed by atoms with E-state index in [2.05, 4.69) is 44.1 Å². The van der Waals surface area contributed by atoms with Gasteiger partial charge in [-0.1, -0.05) is 0 Å². The van der Waals surface area contributed by atoms with Gasteiger partial charge < -0.3 is 24.8 Å². The first-order chi connectivity index (χ1) is 12.1. The number of carbonyl (C=O) groups is 1. The second-order valence-electron chi connectivity index (χ2n) is 6.98. The van der Waals surface area contributed by atoms with Crippen molar-refractivity contribution in [2.24, 2.45) is 0 Å². The van der Waals surface area contributed by atoms with Crippen molar-refractivity contribution in [1.29, 1.82) is 0 Å². The van der Waals surface area contributed by atoms with Crippen LogP contribution in [-0.2, 0) is 9.53 Å². The lowest BCUT2D eigenvalue weighted by Gasteiger charge is -2.29. The van der Waals surface area contributed by atoms with E-state index in [1.54, 1.807) is 13.4 Å². The van der Waals surface area contributed by atoms with Crippen LogP contribution in [0, 0.1) is 0 Å². The summed E-state index contributed by atoms with van der Waals surface area (Å²) < 4.78 is 5.59. The molecule has 0 radical (unpaired) electrons. The van der Waals surface area contributed by atoms with Crippen molar-refractivity contribution in [3.05, 3.63) is 12.4 Å². The SMILES string of the molecule is CO[C@H]1C[C@@H](CN(C)C)N(c2cc(N3CCNC(=O)CC3)ncn2)C1. The van der Waals surface area contributed by atoms with Crippen LogP contribution < -0.4 is 15.1 Å². The molecule has 8 heteroatoms. The first-order valence-electron chi connectivity index (χ1n) is 8.84. The number of nitrogens with one attached hydrogen (secondary N) is 1. The van der Waals surface area contributed by atoms with Gasteiger partial charge in [-0.15, -0.1) is 0 Å². The maximum absolute atomic E-state index is 11.6. The van der Waals surface area contributed by atoms with Crippen LogP contribution in [0.3, 0.4) is 0 Å². The highest BCUT2D eigenvalue weighted by molar-refractivity contribution is 5.77. The van der Waals surface area contributed by atoms with Crippen molar-refractivity contribution in [1.82, 2.24) is 20.2 Å². The van der Waals surface area contributed by atoms with Gasteiger partial charge in [-0.2, -0.15) is 0 Å². The lowest BCUT2D eigenvalue weighted by Crippen LogP contribution is -2.38. The molecule has 3 rings (SSSR count). The van der Waals surface area contributed by atoms with E-state index < -0.39 is 0 Å². The van der Waals surface area contributed by atoms with Crippen LogP contribution in [0.25, 0.3) is 0 Å².